The van der Waals surface area contributed by atoms with Crippen molar-refractivity contribution in [1.29, 1.82) is 0 Å². The van der Waals surface area contributed by atoms with E-state index in [2.05, 4.69) is 93.6 Å². The molecule has 0 amide bonds. The number of nitrogens with two attached hydrogens (primary N) is 3. The van der Waals surface area contributed by atoms with Crippen LogP contribution >= 0.6 is 0 Å². The Balaban J connectivity index is 1.87. The lowest BCUT2D eigenvalue weighted by Gasteiger charge is -2.17. The lowest BCUT2D eigenvalue weighted by atomic mass is 9.90. The number of hydrogen-bond donors (Lipinski definition) is 3. The molecule has 0 aliphatic carbocycles. The average molecular weight is 596 g/mol. The Bertz CT molecular complexity index is 1440. The second-order valence-corrected chi connectivity index (χ2v) is 11.4. The number of aryl methyl sites for hydroxylation is 1. The molecule has 6 nitrogen and oxygen atoms in total. The van der Waals surface area contributed by atoms with Crippen molar-refractivity contribution in [3.05, 3.63) is 90.0 Å². The van der Waals surface area contributed by atoms with Crippen LogP contribution in [0.3, 0.4) is 0 Å². The van der Waals surface area contributed by atoms with Crippen LogP contribution in [0.5, 0.6) is 17.2 Å². The third-order valence-electron chi connectivity index (χ3n) is 7.83. The minimum Gasteiger partial charge on any atom is -0.494 e. The Morgan fingerprint density at radius 3 is 1.39 bits per heavy atom. The van der Waals surface area contributed by atoms with Gasteiger partial charge in [-0.2, -0.15) is 0 Å². The summed E-state index contributed by atoms with van der Waals surface area (Å²) in [5.41, 5.74) is 26.3. The summed E-state index contributed by atoms with van der Waals surface area (Å²) in [6.45, 7) is 10.0. The molecule has 0 saturated carbocycles. The van der Waals surface area contributed by atoms with Gasteiger partial charge in [-0.1, -0.05) is 49.7 Å². The molecular formula is C38H49N3O3. The number of rotatable bonds is 17. The highest BCUT2D eigenvalue weighted by Crippen LogP contribution is 2.38. The first kappa shape index (κ1) is 33.1. The van der Waals surface area contributed by atoms with Crippen LogP contribution < -0.4 is 31.4 Å². The van der Waals surface area contributed by atoms with Gasteiger partial charge in [-0.05, 0) is 140 Å². The molecule has 0 spiro atoms. The molecule has 0 radical (unpaired) electrons. The molecule has 4 aromatic rings. The Morgan fingerprint density at radius 1 is 0.523 bits per heavy atom. The summed E-state index contributed by atoms with van der Waals surface area (Å²) in [5, 5.41) is 0. The van der Waals surface area contributed by atoms with Gasteiger partial charge in [0.25, 0.3) is 0 Å². The Kier molecular flexibility index (Phi) is 12.7. The largest absolute Gasteiger partial charge is 0.494 e. The van der Waals surface area contributed by atoms with E-state index in [0.29, 0.717) is 45.4 Å². The second kappa shape index (κ2) is 16.9. The maximum absolute atomic E-state index is 6.18. The van der Waals surface area contributed by atoms with Crippen molar-refractivity contribution in [3.8, 4) is 50.6 Å². The molecule has 6 heteroatoms. The highest BCUT2D eigenvalue weighted by atomic mass is 16.5. The van der Waals surface area contributed by atoms with E-state index < -0.39 is 0 Å². The Morgan fingerprint density at radius 2 is 0.932 bits per heavy atom. The smallest absolute Gasteiger partial charge is 0.123 e. The van der Waals surface area contributed by atoms with E-state index in [4.69, 9.17) is 31.4 Å². The van der Waals surface area contributed by atoms with E-state index >= 15 is 0 Å². The van der Waals surface area contributed by atoms with Crippen LogP contribution in [0.1, 0.15) is 56.6 Å². The van der Waals surface area contributed by atoms with Gasteiger partial charge in [0.1, 0.15) is 17.2 Å². The number of hydrogen-bond acceptors (Lipinski definition) is 6. The van der Waals surface area contributed by atoms with Crippen molar-refractivity contribution in [1.82, 2.24) is 0 Å². The zero-order valence-corrected chi connectivity index (χ0v) is 26.6. The number of benzene rings is 4. The van der Waals surface area contributed by atoms with Crippen LogP contribution in [-0.4, -0.2) is 39.5 Å². The summed E-state index contributed by atoms with van der Waals surface area (Å²) >= 11 is 0. The summed E-state index contributed by atoms with van der Waals surface area (Å²) in [7, 11) is 0. The zero-order chi connectivity index (χ0) is 31.3. The van der Waals surface area contributed by atoms with Crippen LogP contribution in [0.15, 0.2) is 78.9 Å². The van der Waals surface area contributed by atoms with Gasteiger partial charge in [0, 0.05) is 6.07 Å². The van der Waals surface area contributed by atoms with Gasteiger partial charge in [-0.25, -0.2) is 0 Å². The van der Waals surface area contributed by atoms with Crippen molar-refractivity contribution in [2.24, 2.45) is 17.2 Å². The van der Waals surface area contributed by atoms with Crippen molar-refractivity contribution < 1.29 is 14.2 Å². The lowest BCUT2D eigenvalue weighted by molar-refractivity contribution is 0.298. The van der Waals surface area contributed by atoms with Crippen LogP contribution in [0.2, 0.25) is 0 Å². The number of ether oxygens (including phenoxy) is 3. The zero-order valence-electron chi connectivity index (χ0n) is 26.6. The molecule has 0 aromatic heterocycles. The normalized spacial score (nSPS) is 11.8. The highest BCUT2D eigenvalue weighted by Gasteiger charge is 2.14. The SMILES string of the molecule is CCC(C)c1cc(OCCCN)cc(-c2cc(-c3ccc(C)cc3)cc(-c3cc(OCCCN)cc(OCCCN)c3)c2)c1. The van der Waals surface area contributed by atoms with Crippen LogP contribution in [0.25, 0.3) is 33.4 Å². The molecule has 234 valence electrons. The fraction of sp³-hybridized carbons (Fsp3) is 0.368. The second-order valence-electron chi connectivity index (χ2n) is 11.4. The van der Waals surface area contributed by atoms with Gasteiger partial charge in [0.15, 0.2) is 0 Å². The van der Waals surface area contributed by atoms with Gasteiger partial charge >= 0.3 is 0 Å². The monoisotopic (exact) mass is 595 g/mol. The summed E-state index contributed by atoms with van der Waals surface area (Å²) < 4.78 is 18.4. The Hall–Kier alpha value is -3.84. The summed E-state index contributed by atoms with van der Waals surface area (Å²) in [5.74, 6) is 2.80. The quantitative estimate of drug-likeness (QED) is 0.108. The molecule has 0 aliphatic rings. The summed E-state index contributed by atoms with van der Waals surface area (Å²) in [4.78, 5) is 0. The van der Waals surface area contributed by atoms with Crippen molar-refractivity contribution >= 4 is 0 Å². The van der Waals surface area contributed by atoms with Gasteiger partial charge in [0.05, 0.1) is 19.8 Å². The highest BCUT2D eigenvalue weighted by molar-refractivity contribution is 5.82. The lowest BCUT2D eigenvalue weighted by Crippen LogP contribution is -2.07. The molecule has 0 saturated heterocycles. The fourth-order valence-electron chi connectivity index (χ4n) is 4.99. The molecule has 0 bridgehead atoms. The minimum absolute atomic E-state index is 0.405. The van der Waals surface area contributed by atoms with E-state index in [-0.39, 0.29) is 0 Å². The van der Waals surface area contributed by atoms with Gasteiger partial charge in [0.2, 0.25) is 0 Å². The standard InChI is InChI=1S/C38H49N3O3/c1-4-28(3)30-18-34(23-36(22-30)42-15-5-12-39)32-19-31(29-10-8-27(2)9-11-29)20-33(21-32)35-24-37(43-16-6-13-40)26-38(25-35)44-17-7-14-41/h8-11,18-26,28H,4-7,12-17,39-41H2,1-3H3. The fourth-order valence-corrected chi connectivity index (χ4v) is 4.99. The molecule has 4 rings (SSSR count). The topological polar surface area (TPSA) is 106 Å². The molecular weight excluding hydrogens is 546 g/mol. The summed E-state index contributed by atoms with van der Waals surface area (Å²) in [6.07, 6.45) is 3.42. The van der Waals surface area contributed by atoms with Crippen LogP contribution in [0.4, 0.5) is 0 Å². The van der Waals surface area contributed by atoms with Crippen LogP contribution in [0, 0.1) is 6.92 Å². The molecule has 1 atom stereocenters. The molecule has 6 N–H and O–H groups in total. The molecule has 0 aliphatic heterocycles. The van der Waals surface area contributed by atoms with Crippen molar-refractivity contribution in [2.45, 2.75) is 52.4 Å². The predicted octanol–water partition coefficient (Wildman–Crippen LogP) is 7.69. The van der Waals surface area contributed by atoms with Crippen molar-refractivity contribution in [3.63, 3.8) is 0 Å². The molecule has 1 unspecified atom stereocenters. The van der Waals surface area contributed by atoms with E-state index in [1.54, 1.807) is 0 Å². The van der Waals surface area contributed by atoms with Gasteiger partial charge in [-0.15, -0.1) is 0 Å². The van der Waals surface area contributed by atoms with Crippen LogP contribution in [-0.2, 0) is 0 Å². The predicted molar refractivity (Wildman–Crippen MR) is 184 cm³/mol. The molecule has 0 heterocycles. The Labute approximate surface area is 263 Å². The minimum atomic E-state index is 0.405. The van der Waals surface area contributed by atoms with Crippen molar-refractivity contribution in [2.75, 3.05) is 39.5 Å². The average Bonchev–Trinajstić information content (AvgIpc) is 3.04. The van der Waals surface area contributed by atoms with E-state index in [1.165, 1.54) is 11.1 Å². The van der Waals surface area contributed by atoms with Gasteiger partial charge in [-0.3, -0.25) is 0 Å². The maximum atomic E-state index is 6.18. The molecule has 0 fully saturated rings. The van der Waals surface area contributed by atoms with E-state index in [0.717, 1.165) is 76.3 Å². The third-order valence-corrected chi connectivity index (χ3v) is 7.83. The maximum Gasteiger partial charge on any atom is 0.123 e. The van der Waals surface area contributed by atoms with E-state index in [1.807, 2.05) is 6.07 Å². The van der Waals surface area contributed by atoms with Gasteiger partial charge < -0.3 is 31.4 Å². The van der Waals surface area contributed by atoms with E-state index in [9.17, 15) is 0 Å². The first-order valence-corrected chi connectivity index (χ1v) is 16.0. The summed E-state index contributed by atoms with van der Waals surface area (Å²) in [6, 6.07) is 28.2. The molecule has 44 heavy (non-hydrogen) atoms. The molecule has 4 aromatic carbocycles. The first-order valence-electron chi connectivity index (χ1n) is 16.0. The first-order chi connectivity index (χ1) is 21.4. The third kappa shape index (κ3) is 9.33.